The molecule has 2 aromatic heterocycles. The van der Waals surface area contributed by atoms with E-state index in [9.17, 15) is 0 Å². The summed E-state index contributed by atoms with van der Waals surface area (Å²) < 4.78 is 0. The van der Waals surface area contributed by atoms with E-state index in [2.05, 4.69) is 34.0 Å². The second kappa shape index (κ2) is 3.68. The molecule has 0 bridgehead atoms. The number of H-pyrrole nitrogens is 1. The third-order valence-electron chi connectivity index (χ3n) is 2.05. The van der Waals surface area contributed by atoms with Gasteiger partial charge in [-0.1, -0.05) is 19.9 Å². The molecule has 78 valence electrons. The Morgan fingerprint density at radius 1 is 1.27 bits per heavy atom. The molecule has 5 nitrogen and oxygen atoms in total. The highest BCUT2D eigenvalue weighted by molar-refractivity contribution is 5.51. The quantitative estimate of drug-likeness (QED) is 0.776. The zero-order valence-corrected chi connectivity index (χ0v) is 8.73. The van der Waals surface area contributed by atoms with Gasteiger partial charge in [-0.2, -0.15) is 5.10 Å². The van der Waals surface area contributed by atoms with Gasteiger partial charge in [0.1, 0.15) is 17.3 Å². The fraction of sp³-hybridized carbons (Fsp3) is 0.300. The zero-order chi connectivity index (χ0) is 10.8. The summed E-state index contributed by atoms with van der Waals surface area (Å²) in [5.74, 6) is 2.25. The number of aromatic nitrogens is 4. The molecule has 0 spiro atoms. The molecule has 0 fully saturated rings. The van der Waals surface area contributed by atoms with Gasteiger partial charge in [0.15, 0.2) is 5.82 Å². The third-order valence-corrected chi connectivity index (χ3v) is 2.05. The van der Waals surface area contributed by atoms with Gasteiger partial charge in [0.2, 0.25) is 0 Å². The number of nitrogens with one attached hydrogen (secondary N) is 1. The van der Waals surface area contributed by atoms with Crippen LogP contribution < -0.4 is 5.73 Å². The smallest absolute Gasteiger partial charge is 0.199 e. The number of aromatic amines is 1. The SMILES string of the molecule is CC(C)c1nc(-c2cccc(N)n2)n[nH]1. The van der Waals surface area contributed by atoms with Crippen LogP contribution in [0, 0.1) is 0 Å². The standard InChI is InChI=1S/C10H13N5/c1-6(2)9-13-10(15-14-9)7-4-3-5-8(11)12-7/h3-6H,1-2H3,(H2,11,12)(H,13,14,15). The highest BCUT2D eigenvalue weighted by Crippen LogP contribution is 2.15. The van der Waals surface area contributed by atoms with Crippen molar-refractivity contribution >= 4 is 5.82 Å². The predicted molar refractivity (Wildman–Crippen MR) is 58.1 cm³/mol. The van der Waals surface area contributed by atoms with Gasteiger partial charge in [0.25, 0.3) is 0 Å². The second-order valence-electron chi connectivity index (χ2n) is 3.65. The van der Waals surface area contributed by atoms with Gasteiger partial charge in [-0.25, -0.2) is 9.97 Å². The minimum atomic E-state index is 0.326. The number of nitrogens with two attached hydrogens (primary N) is 1. The normalized spacial score (nSPS) is 10.9. The minimum absolute atomic E-state index is 0.326. The molecule has 15 heavy (non-hydrogen) atoms. The molecule has 0 aromatic carbocycles. The van der Waals surface area contributed by atoms with Crippen LogP contribution in [0.25, 0.3) is 11.5 Å². The van der Waals surface area contributed by atoms with Crippen LogP contribution in [0.1, 0.15) is 25.6 Å². The molecule has 0 saturated heterocycles. The van der Waals surface area contributed by atoms with Crippen molar-refractivity contribution in [1.29, 1.82) is 0 Å². The second-order valence-corrected chi connectivity index (χ2v) is 3.65. The first-order valence-electron chi connectivity index (χ1n) is 4.82. The minimum Gasteiger partial charge on any atom is -0.384 e. The molecule has 2 rings (SSSR count). The number of hydrogen-bond acceptors (Lipinski definition) is 4. The fourth-order valence-corrected chi connectivity index (χ4v) is 1.22. The number of hydrogen-bond donors (Lipinski definition) is 2. The first kappa shape index (κ1) is 9.64. The van der Waals surface area contributed by atoms with Crippen molar-refractivity contribution in [2.75, 3.05) is 5.73 Å². The number of nitrogens with zero attached hydrogens (tertiary/aromatic N) is 3. The van der Waals surface area contributed by atoms with Crippen LogP contribution in [-0.4, -0.2) is 20.2 Å². The molecule has 5 heteroatoms. The monoisotopic (exact) mass is 203 g/mol. The van der Waals surface area contributed by atoms with E-state index in [1.807, 2.05) is 12.1 Å². The summed E-state index contributed by atoms with van der Waals surface area (Å²) >= 11 is 0. The van der Waals surface area contributed by atoms with Crippen LogP contribution >= 0.6 is 0 Å². The Balaban J connectivity index is 2.37. The lowest BCUT2D eigenvalue weighted by Gasteiger charge is -1.96. The van der Waals surface area contributed by atoms with E-state index >= 15 is 0 Å². The maximum atomic E-state index is 5.59. The van der Waals surface area contributed by atoms with E-state index in [0.29, 0.717) is 23.3 Å². The lowest BCUT2D eigenvalue weighted by atomic mass is 10.2. The molecule has 2 heterocycles. The van der Waals surface area contributed by atoms with E-state index in [0.717, 1.165) is 5.82 Å². The molecule has 3 N–H and O–H groups in total. The van der Waals surface area contributed by atoms with Crippen LogP contribution in [0.4, 0.5) is 5.82 Å². The van der Waals surface area contributed by atoms with E-state index in [4.69, 9.17) is 5.73 Å². The molecule has 2 aromatic rings. The molecule has 0 aliphatic carbocycles. The van der Waals surface area contributed by atoms with Crippen LogP contribution in [0.2, 0.25) is 0 Å². The Morgan fingerprint density at radius 2 is 2.07 bits per heavy atom. The van der Waals surface area contributed by atoms with Gasteiger partial charge in [0, 0.05) is 5.92 Å². The Kier molecular flexibility index (Phi) is 2.37. The van der Waals surface area contributed by atoms with Crippen molar-refractivity contribution in [3.05, 3.63) is 24.0 Å². The molecular formula is C10H13N5. The van der Waals surface area contributed by atoms with Gasteiger partial charge in [-0.15, -0.1) is 0 Å². The predicted octanol–water partition coefficient (Wildman–Crippen LogP) is 1.57. The first-order chi connectivity index (χ1) is 7.16. The van der Waals surface area contributed by atoms with Gasteiger partial charge in [-0.05, 0) is 12.1 Å². The van der Waals surface area contributed by atoms with E-state index in [1.54, 1.807) is 6.07 Å². The summed E-state index contributed by atoms with van der Waals surface area (Å²) in [5.41, 5.74) is 6.28. The summed E-state index contributed by atoms with van der Waals surface area (Å²) in [7, 11) is 0. The maximum Gasteiger partial charge on any atom is 0.199 e. The Labute approximate surface area is 87.8 Å². The Morgan fingerprint density at radius 3 is 2.67 bits per heavy atom. The number of anilines is 1. The molecule has 0 radical (unpaired) electrons. The van der Waals surface area contributed by atoms with Gasteiger partial charge in [0.05, 0.1) is 0 Å². The number of nitrogen functional groups attached to an aromatic ring is 1. The number of rotatable bonds is 2. The van der Waals surface area contributed by atoms with E-state index in [1.165, 1.54) is 0 Å². The van der Waals surface area contributed by atoms with Gasteiger partial charge in [-0.3, -0.25) is 5.10 Å². The van der Waals surface area contributed by atoms with Crippen LogP contribution in [0.15, 0.2) is 18.2 Å². The summed E-state index contributed by atoms with van der Waals surface area (Å²) in [4.78, 5) is 8.49. The van der Waals surface area contributed by atoms with E-state index < -0.39 is 0 Å². The molecule has 0 saturated carbocycles. The van der Waals surface area contributed by atoms with Crippen molar-refractivity contribution < 1.29 is 0 Å². The zero-order valence-electron chi connectivity index (χ0n) is 8.73. The van der Waals surface area contributed by atoms with Crippen molar-refractivity contribution in [2.24, 2.45) is 0 Å². The van der Waals surface area contributed by atoms with Gasteiger partial charge < -0.3 is 5.73 Å². The Bertz CT molecular complexity index is 460. The lowest BCUT2D eigenvalue weighted by Crippen LogP contribution is -1.93. The summed E-state index contributed by atoms with van der Waals surface area (Å²) in [6, 6.07) is 5.41. The summed E-state index contributed by atoms with van der Waals surface area (Å²) in [6.07, 6.45) is 0. The summed E-state index contributed by atoms with van der Waals surface area (Å²) in [6.45, 7) is 4.11. The number of pyridine rings is 1. The Hall–Kier alpha value is -1.91. The lowest BCUT2D eigenvalue weighted by molar-refractivity contribution is 0.781. The van der Waals surface area contributed by atoms with E-state index in [-0.39, 0.29) is 0 Å². The molecule has 0 atom stereocenters. The molecule has 0 unspecified atom stereocenters. The van der Waals surface area contributed by atoms with Crippen molar-refractivity contribution in [3.63, 3.8) is 0 Å². The van der Waals surface area contributed by atoms with Crippen molar-refractivity contribution in [1.82, 2.24) is 20.2 Å². The average molecular weight is 203 g/mol. The van der Waals surface area contributed by atoms with Crippen molar-refractivity contribution in [2.45, 2.75) is 19.8 Å². The van der Waals surface area contributed by atoms with Crippen LogP contribution in [-0.2, 0) is 0 Å². The first-order valence-corrected chi connectivity index (χ1v) is 4.82. The maximum absolute atomic E-state index is 5.59. The van der Waals surface area contributed by atoms with Crippen molar-refractivity contribution in [3.8, 4) is 11.5 Å². The summed E-state index contributed by atoms with van der Waals surface area (Å²) in [5, 5.41) is 6.98. The highest BCUT2D eigenvalue weighted by Gasteiger charge is 2.09. The van der Waals surface area contributed by atoms with Crippen LogP contribution in [0.3, 0.4) is 0 Å². The molecule has 0 aliphatic rings. The average Bonchev–Trinajstić information content (AvgIpc) is 2.66. The molecular weight excluding hydrogens is 190 g/mol. The highest BCUT2D eigenvalue weighted by atomic mass is 15.2. The fourth-order valence-electron chi connectivity index (χ4n) is 1.22. The largest absolute Gasteiger partial charge is 0.384 e. The van der Waals surface area contributed by atoms with Crippen LogP contribution in [0.5, 0.6) is 0 Å². The topological polar surface area (TPSA) is 80.5 Å². The molecule has 0 amide bonds. The third kappa shape index (κ3) is 1.96. The molecule has 0 aliphatic heterocycles. The van der Waals surface area contributed by atoms with Gasteiger partial charge >= 0.3 is 0 Å².